The van der Waals surface area contributed by atoms with E-state index in [1.165, 1.54) is 25.7 Å². The summed E-state index contributed by atoms with van der Waals surface area (Å²) in [5.41, 5.74) is 0.0682. The Labute approximate surface area is 87.1 Å². The molecule has 0 heterocycles. The molecule has 0 aromatic carbocycles. The fourth-order valence-electron chi connectivity index (χ4n) is 2.78. The van der Waals surface area contributed by atoms with Crippen LogP contribution in [0.4, 0.5) is 0 Å². The molecule has 2 aliphatic rings. The lowest BCUT2D eigenvalue weighted by atomic mass is 9.79. The first-order valence-corrected chi connectivity index (χ1v) is 5.98. The highest BCUT2D eigenvalue weighted by molar-refractivity contribution is 4.95. The van der Waals surface area contributed by atoms with Crippen LogP contribution in [0.25, 0.3) is 0 Å². The molecule has 0 amide bonds. The molecule has 0 aromatic rings. The average molecular weight is 197 g/mol. The highest BCUT2D eigenvalue weighted by atomic mass is 16.3. The van der Waals surface area contributed by atoms with Gasteiger partial charge in [0.15, 0.2) is 0 Å². The Kier molecular flexibility index (Phi) is 2.61. The molecule has 0 radical (unpaired) electrons. The Morgan fingerprint density at radius 3 is 2.36 bits per heavy atom. The van der Waals surface area contributed by atoms with E-state index in [-0.39, 0.29) is 5.60 Å². The third-order valence-electron chi connectivity index (χ3n) is 4.22. The highest BCUT2D eigenvalue weighted by Gasteiger charge is 2.38. The van der Waals surface area contributed by atoms with Crippen LogP contribution in [0, 0.1) is 5.41 Å². The number of aliphatic hydroxyl groups is 1. The fraction of sp³-hybridized carbons (Fsp3) is 1.00. The molecule has 14 heavy (non-hydrogen) atoms. The van der Waals surface area contributed by atoms with Gasteiger partial charge in [-0.25, -0.2) is 0 Å². The maximum Gasteiger partial charge on any atom is 0.0771 e. The number of hydrogen-bond donors (Lipinski definition) is 2. The van der Waals surface area contributed by atoms with Gasteiger partial charge in [-0.2, -0.15) is 0 Å². The van der Waals surface area contributed by atoms with Gasteiger partial charge < -0.3 is 10.4 Å². The molecule has 2 N–H and O–H groups in total. The molecular weight excluding hydrogens is 174 g/mol. The lowest BCUT2D eigenvalue weighted by molar-refractivity contribution is -0.0352. The van der Waals surface area contributed by atoms with E-state index in [4.69, 9.17) is 0 Å². The number of nitrogens with one attached hydrogen (secondary N) is 1. The van der Waals surface area contributed by atoms with E-state index in [2.05, 4.69) is 19.2 Å². The normalized spacial score (nSPS) is 34.1. The predicted octanol–water partition coefficient (Wildman–Crippen LogP) is 2.07. The summed E-state index contributed by atoms with van der Waals surface area (Å²) in [6, 6.07) is 0.618. The molecule has 0 aromatic heterocycles. The molecule has 0 bridgehead atoms. The Balaban J connectivity index is 1.80. The molecule has 1 atom stereocenters. The maximum absolute atomic E-state index is 9.98. The summed E-state index contributed by atoms with van der Waals surface area (Å²) in [7, 11) is 0. The van der Waals surface area contributed by atoms with Gasteiger partial charge in [-0.1, -0.05) is 20.3 Å². The summed E-state index contributed by atoms with van der Waals surface area (Å²) >= 11 is 0. The number of rotatable bonds is 3. The van der Waals surface area contributed by atoms with Crippen molar-refractivity contribution < 1.29 is 5.11 Å². The van der Waals surface area contributed by atoms with Crippen molar-refractivity contribution in [2.75, 3.05) is 6.54 Å². The maximum atomic E-state index is 9.98. The second-order valence-corrected chi connectivity index (χ2v) is 5.89. The van der Waals surface area contributed by atoms with Crippen LogP contribution in [0.15, 0.2) is 0 Å². The molecule has 1 unspecified atom stereocenters. The largest absolute Gasteiger partial charge is 0.389 e. The second kappa shape index (κ2) is 3.49. The molecule has 2 heteroatoms. The summed E-state index contributed by atoms with van der Waals surface area (Å²) < 4.78 is 0. The minimum absolute atomic E-state index is 0.362. The van der Waals surface area contributed by atoms with Crippen molar-refractivity contribution in [1.29, 1.82) is 0 Å². The van der Waals surface area contributed by atoms with Gasteiger partial charge in [-0.05, 0) is 37.5 Å². The predicted molar refractivity (Wildman–Crippen MR) is 58.2 cm³/mol. The van der Waals surface area contributed by atoms with Gasteiger partial charge in [0.2, 0.25) is 0 Å². The van der Waals surface area contributed by atoms with Crippen molar-refractivity contribution in [3.8, 4) is 0 Å². The van der Waals surface area contributed by atoms with Gasteiger partial charge in [-0.3, -0.25) is 0 Å². The Morgan fingerprint density at radius 1 is 1.21 bits per heavy atom. The smallest absolute Gasteiger partial charge is 0.0771 e. The number of hydrogen-bond acceptors (Lipinski definition) is 2. The van der Waals surface area contributed by atoms with Gasteiger partial charge >= 0.3 is 0 Å². The van der Waals surface area contributed by atoms with Crippen LogP contribution in [-0.4, -0.2) is 23.3 Å². The van der Waals surface area contributed by atoms with Gasteiger partial charge in [-0.15, -0.1) is 0 Å². The third kappa shape index (κ3) is 1.96. The van der Waals surface area contributed by atoms with Gasteiger partial charge in [0.25, 0.3) is 0 Å². The molecule has 2 fully saturated rings. The Bertz CT molecular complexity index is 208. The van der Waals surface area contributed by atoms with E-state index in [1.807, 2.05) is 0 Å². The van der Waals surface area contributed by atoms with E-state index in [0.717, 1.165) is 19.4 Å². The van der Waals surface area contributed by atoms with Crippen LogP contribution in [0.2, 0.25) is 0 Å². The molecule has 0 saturated heterocycles. The minimum atomic E-state index is -0.362. The van der Waals surface area contributed by atoms with E-state index in [1.54, 1.807) is 0 Å². The zero-order valence-electron chi connectivity index (χ0n) is 9.47. The van der Waals surface area contributed by atoms with E-state index >= 15 is 0 Å². The average Bonchev–Trinajstić information content (AvgIpc) is 2.38. The lowest BCUT2D eigenvalue weighted by Gasteiger charge is -2.39. The van der Waals surface area contributed by atoms with Crippen molar-refractivity contribution in [2.24, 2.45) is 5.41 Å². The standard InChI is InChI=1S/C12H23NO/c1-11(2)6-3-5-10(11)13-9-12(14)7-4-8-12/h10,13-14H,3-9H2,1-2H3. The van der Waals surface area contributed by atoms with E-state index in [9.17, 15) is 5.11 Å². The van der Waals surface area contributed by atoms with Crippen molar-refractivity contribution in [1.82, 2.24) is 5.32 Å². The molecule has 2 aliphatic carbocycles. The van der Waals surface area contributed by atoms with Crippen LogP contribution in [0.5, 0.6) is 0 Å². The highest BCUT2D eigenvalue weighted by Crippen LogP contribution is 2.38. The van der Waals surface area contributed by atoms with Gasteiger partial charge in [0, 0.05) is 12.6 Å². The first-order valence-electron chi connectivity index (χ1n) is 5.98. The van der Waals surface area contributed by atoms with Crippen LogP contribution in [0.1, 0.15) is 52.4 Å². The topological polar surface area (TPSA) is 32.3 Å². The van der Waals surface area contributed by atoms with Crippen molar-refractivity contribution in [3.63, 3.8) is 0 Å². The zero-order chi connectivity index (χ0) is 10.2. The molecule has 2 rings (SSSR count). The monoisotopic (exact) mass is 197 g/mol. The van der Waals surface area contributed by atoms with Gasteiger partial charge in [0.1, 0.15) is 0 Å². The summed E-state index contributed by atoms with van der Waals surface area (Å²) in [6.07, 6.45) is 7.13. The second-order valence-electron chi connectivity index (χ2n) is 5.89. The third-order valence-corrected chi connectivity index (χ3v) is 4.22. The first kappa shape index (κ1) is 10.4. The SMILES string of the molecule is CC1(C)CCCC1NCC1(O)CCC1. The summed E-state index contributed by atoms with van der Waals surface area (Å²) in [5, 5.41) is 13.5. The molecule has 82 valence electrons. The van der Waals surface area contributed by atoms with Crippen molar-refractivity contribution in [3.05, 3.63) is 0 Å². The summed E-state index contributed by atoms with van der Waals surface area (Å²) in [4.78, 5) is 0. The van der Waals surface area contributed by atoms with Crippen LogP contribution < -0.4 is 5.32 Å². The van der Waals surface area contributed by atoms with Crippen LogP contribution >= 0.6 is 0 Å². The first-order chi connectivity index (χ1) is 6.52. The van der Waals surface area contributed by atoms with E-state index in [0.29, 0.717) is 11.5 Å². The van der Waals surface area contributed by atoms with Crippen LogP contribution in [-0.2, 0) is 0 Å². The Hall–Kier alpha value is -0.0800. The molecule has 2 nitrogen and oxygen atoms in total. The molecule has 2 saturated carbocycles. The molecule has 0 spiro atoms. The Morgan fingerprint density at radius 2 is 1.93 bits per heavy atom. The summed E-state index contributed by atoms with van der Waals surface area (Å²) in [5.74, 6) is 0. The molecular formula is C12H23NO. The van der Waals surface area contributed by atoms with Crippen molar-refractivity contribution in [2.45, 2.75) is 64.0 Å². The lowest BCUT2D eigenvalue weighted by Crippen LogP contribution is -2.50. The summed E-state index contributed by atoms with van der Waals surface area (Å²) in [6.45, 7) is 5.48. The van der Waals surface area contributed by atoms with Gasteiger partial charge in [0.05, 0.1) is 5.60 Å². The zero-order valence-corrected chi connectivity index (χ0v) is 9.47. The van der Waals surface area contributed by atoms with E-state index < -0.39 is 0 Å². The van der Waals surface area contributed by atoms with Crippen molar-refractivity contribution >= 4 is 0 Å². The fourth-order valence-corrected chi connectivity index (χ4v) is 2.78. The quantitative estimate of drug-likeness (QED) is 0.726. The molecule has 0 aliphatic heterocycles. The van der Waals surface area contributed by atoms with Crippen LogP contribution in [0.3, 0.4) is 0 Å². The minimum Gasteiger partial charge on any atom is -0.389 e.